The lowest BCUT2D eigenvalue weighted by Crippen LogP contribution is -2.40. The lowest BCUT2D eigenvalue weighted by atomic mass is 10.0. The molecule has 0 bridgehead atoms. The first kappa shape index (κ1) is 13.5. The average Bonchev–Trinajstić information content (AvgIpc) is 2.28. The number of halogens is 4. The zero-order chi connectivity index (χ0) is 13.3. The predicted octanol–water partition coefficient (Wildman–Crippen LogP) is 3.56. The van der Waals surface area contributed by atoms with E-state index < -0.39 is 18.1 Å². The second-order valence-electron chi connectivity index (χ2n) is 3.84. The van der Waals surface area contributed by atoms with Gasteiger partial charge in [0, 0.05) is 15.7 Å². The van der Waals surface area contributed by atoms with E-state index in [9.17, 15) is 18.0 Å². The van der Waals surface area contributed by atoms with Crippen LogP contribution >= 0.6 is 23.4 Å². The first-order valence-electron chi connectivity index (χ1n) is 5.18. The van der Waals surface area contributed by atoms with Crippen LogP contribution in [0.3, 0.4) is 0 Å². The van der Waals surface area contributed by atoms with Crippen molar-refractivity contribution in [2.24, 2.45) is 0 Å². The van der Waals surface area contributed by atoms with Gasteiger partial charge >= 0.3 is 12.1 Å². The van der Waals surface area contributed by atoms with Gasteiger partial charge in [-0.05, 0) is 30.2 Å². The van der Waals surface area contributed by atoms with Crippen molar-refractivity contribution in [2.45, 2.75) is 23.5 Å². The Morgan fingerprint density at radius 2 is 2.17 bits per heavy atom. The molecular weight excluding hydrogens is 287 g/mol. The fourth-order valence-electron chi connectivity index (χ4n) is 1.76. The smallest absolute Gasteiger partial charge is 0.341 e. The number of carbonyl (C=O) groups excluding carboxylic acids is 1. The van der Waals surface area contributed by atoms with Gasteiger partial charge in [-0.3, -0.25) is 4.79 Å². The molecule has 1 heterocycles. The zero-order valence-corrected chi connectivity index (χ0v) is 10.6. The highest BCUT2D eigenvalue weighted by Gasteiger charge is 2.40. The number of fused-ring (bicyclic) bond motifs is 1. The van der Waals surface area contributed by atoms with Crippen LogP contribution < -0.4 is 5.32 Å². The summed E-state index contributed by atoms with van der Waals surface area (Å²) in [7, 11) is 0. The van der Waals surface area contributed by atoms with Gasteiger partial charge in [0.1, 0.15) is 0 Å². The van der Waals surface area contributed by atoms with E-state index in [1.54, 1.807) is 30.0 Å². The second-order valence-corrected chi connectivity index (χ2v) is 5.42. The Morgan fingerprint density at radius 1 is 1.44 bits per heavy atom. The normalized spacial score (nSPS) is 19.2. The average molecular weight is 296 g/mol. The van der Waals surface area contributed by atoms with Crippen molar-refractivity contribution in [3.8, 4) is 0 Å². The molecule has 2 rings (SSSR count). The van der Waals surface area contributed by atoms with Gasteiger partial charge in [-0.2, -0.15) is 13.2 Å². The van der Waals surface area contributed by atoms with Crippen LogP contribution in [0.15, 0.2) is 23.1 Å². The number of amides is 1. The van der Waals surface area contributed by atoms with E-state index in [-0.39, 0.29) is 0 Å². The standard InChI is InChI=1S/C11H9ClF3NOS/c12-6-1-2-9-7(5-6)8(3-4-18-9)16-10(17)11(13,14)15/h1-2,5,8H,3-4H2,(H,16,17). The highest BCUT2D eigenvalue weighted by molar-refractivity contribution is 7.99. The number of thioether (sulfide) groups is 1. The number of hydrogen-bond acceptors (Lipinski definition) is 2. The summed E-state index contributed by atoms with van der Waals surface area (Å²) in [6, 6.07) is 4.41. The monoisotopic (exact) mass is 295 g/mol. The molecule has 7 heteroatoms. The summed E-state index contributed by atoms with van der Waals surface area (Å²) in [5.41, 5.74) is 0.649. The quantitative estimate of drug-likeness (QED) is 0.858. The van der Waals surface area contributed by atoms with Crippen molar-refractivity contribution in [1.29, 1.82) is 0 Å². The summed E-state index contributed by atoms with van der Waals surface area (Å²) in [6.45, 7) is 0. The van der Waals surface area contributed by atoms with Gasteiger partial charge in [-0.15, -0.1) is 11.8 Å². The third-order valence-corrected chi connectivity index (χ3v) is 3.93. The Bertz CT molecular complexity index is 478. The molecule has 18 heavy (non-hydrogen) atoms. The van der Waals surface area contributed by atoms with Crippen LogP contribution in [0, 0.1) is 0 Å². The Morgan fingerprint density at radius 3 is 2.83 bits per heavy atom. The van der Waals surface area contributed by atoms with Crippen molar-refractivity contribution >= 4 is 29.3 Å². The van der Waals surface area contributed by atoms with E-state index >= 15 is 0 Å². The molecule has 1 aromatic carbocycles. The minimum atomic E-state index is -4.86. The molecule has 1 aliphatic heterocycles. The minimum absolute atomic E-state index is 0.447. The van der Waals surface area contributed by atoms with Crippen LogP contribution in [0.4, 0.5) is 13.2 Å². The molecule has 1 atom stereocenters. The van der Waals surface area contributed by atoms with Crippen LogP contribution in [0.2, 0.25) is 5.02 Å². The summed E-state index contributed by atoms with van der Waals surface area (Å²) in [5.74, 6) is -1.25. The SMILES string of the molecule is O=C(NC1CCSc2ccc(Cl)cc21)C(F)(F)F. The van der Waals surface area contributed by atoms with Crippen molar-refractivity contribution < 1.29 is 18.0 Å². The Kier molecular flexibility index (Phi) is 3.77. The Labute approximate surface area is 111 Å². The predicted molar refractivity (Wildman–Crippen MR) is 63.7 cm³/mol. The summed E-state index contributed by atoms with van der Waals surface area (Å²) >= 11 is 7.37. The van der Waals surface area contributed by atoms with Gasteiger partial charge in [-0.25, -0.2) is 0 Å². The van der Waals surface area contributed by atoms with Crippen LogP contribution in [0.5, 0.6) is 0 Å². The van der Waals surface area contributed by atoms with E-state index in [2.05, 4.69) is 0 Å². The summed E-state index contributed by atoms with van der Waals surface area (Å²) < 4.78 is 36.6. The third-order valence-electron chi connectivity index (χ3n) is 2.57. The van der Waals surface area contributed by atoms with Crippen LogP contribution in [0.25, 0.3) is 0 Å². The first-order valence-corrected chi connectivity index (χ1v) is 6.54. The van der Waals surface area contributed by atoms with Crippen LogP contribution in [-0.4, -0.2) is 17.8 Å². The van der Waals surface area contributed by atoms with E-state index in [4.69, 9.17) is 11.6 Å². The molecule has 0 aromatic heterocycles. The van der Waals surface area contributed by atoms with Gasteiger partial charge in [0.25, 0.3) is 0 Å². The maximum Gasteiger partial charge on any atom is 0.471 e. The van der Waals surface area contributed by atoms with Crippen molar-refractivity contribution in [2.75, 3.05) is 5.75 Å². The van der Waals surface area contributed by atoms with E-state index in [1.807, 2.05) is 5.32 Å². The molecule has 1 unspecified atom stereocenters. The largest absolute Gasteiger partial charge is 0.471 e. The summed E-state index contributed by atoms with van der Waals surface area (Å²) in [6.07, 6.45) is -4.40. The second kappa shape index (κ2) is 5.01. The minimum Gasteiger partial charge on any atom is -0.341 e. The molecule has 0 saturated heterocycles. The van der Waals surface area contributed by atoms with Gasteiger partial charge < -0.3 is 5.32 Å². The van der Waals surface area contributed by atoms with E-state index in [0.717, 1.165) is 4.90 Å². The topological polar surface area (TPSA) is 29.1 Å². The maximum absolute atomic E-state index is 12.2. The van der Waals surface area contributed by atoms with Crippen LogP contribution in [-0.2, 0) is 4.79 Å². The molecule has 1 aliphatic rings. The van der Waals surface area contributed by atoms with E-state index in [0.29, 0.717) is 22.8 Å². The van der Waals surface area contributed by atoms with Gasteiger partial charge in [0.15, 0.2) is 0 Å². The highest BCUT2D eigenvalue weighted by atomic mass is 35.5. The lowest BCUT2D eigenvalue weighted by Gasteiger charge is -2.26. The van der Waals surface area contributed by atoms with Gasteiger partial charge in [0.05, 0.1) is 6.04 Å². The number of alkyl halides is 3. The fraction of sp³-hybridized carbons (Fsp3) is 0.364. The molecule has 0 aliphatic carbocycles. The highest BCUT2D eigenvalue weighted by Crippen LogP contribution is 2.37. The van der Waals surface area contributed by atoms with E-state index in [1.165, 1.54) is 0 Å². The van der Waals surface area contributed by atoms with Gasteiger partial charge in [-0.1, -0.05) is 11.6 Å². The fourth-order valence-corrected chi connectivity index (χ4v) is 3.04. The van der Waals surface area contributed by atoms with Crippen molar-refractivity contribution in [3.63, 3.8) is 0 Å². The summed E-state index contributed by atoms with van der Waals surface area (Å²) in [5, 5.41) is 2.45. The number of carbonyl (C=O) groups is 1. The maximum atomic E-state index is 12.2. The van der Waals surface area contributed by atoms with Gasteiger partial charge in [0.2, 0.25) is 0 Å². The number of hydrogen-bond donors (Lipinski definition) is 1. The first-order chi connectivity index (χ1) is 8.38. The zero-order valence-electron chi connectivity index (χ0n) is 9.05. The molecule has 0 fully saturated rings. The lowest BCUT2D eigenvalue weighted by molar-refractivity contribution is -0.174. The van der Waals surface area contributed by atoms with Crippen LogP contribution in [0.1, 0.15) is 18.0 Å². The summed E-state index contributed by atoms with van der Waals surface area (Å²) in [4.78, 5) is 11.8. The molecule has 0 spiro atoms. The Hall–Kier alpha value is -0.880. The molecule has 1 N–H and O–H groups in total. The molecule has 2 nitrogen and oxygen atoms in total. The molecule has 1 amide bonds. The van der Waals surface area contributed by atoms with Crippen molar-refractivity contribution in [1.82, 2.24) is 5.32 Å². The molecule has 0 radical (unpaired) electrons. The molecule has 1 aromatic rings. The molecule has 98 valence electrons. The third kappa shape index (κ3) is 2.92. The number of benzene rings is 1. The van der Waals surface area contributed by atoms with Crippen molar-refractivity contribution in [3.05, 3.63) is 28.8 Å². The molecule has 0 saturated carbocycles. The number of nitrogens with one attached hydrogen (secondary N) is 1. The molecular formula is C11H9ClF3NOS. The Balaban J connectivity index is 2.22. The number of rotatable bonds is 1.